The summed E-state index contributed by atoms with van der Waals surface area (Å²) in [6.07, 6.45) is 9.27. The number of ether oxygens (including phenoxy) is 3. The normalized spacial score (nSPS) is 12.2. The van der Waals surface area contributed by atoms with E-state index in [1.807, 2.05) is 75.8 Å². The topological polar surface area (TPSA) is 213 Å². The molecule has 7 aromatic heterocycles. The van der Waals surface area contributed by atoms with Gasteiger partial charge in [0.05, 0.1) is 42.9 Å². The second-order valence-corrected chi connectivity index (χ2v) is 39.5. The van der Waals surface area contributed by atoms with Gasteiger partial charge in [-0.05, 0) is 212 Å². The molecule has 1 unspecified atom stereocenters. The Morgan fingerprint density at radius 2 is 0.817 bits per heavy atom. The van der Waals surface area contributed by atoms with Crippen LogP contribution in [0.15, 0.2) is 170 Å². The average Bonchev–Trinajstić information content (AvgIpc) is 1.46. The number of hydrogen-bond donors (Lipinski definition) is 7. The van der Waals surface area contributed by atoms with Gasteiger partial charge in [0.25, 0.3) is 0 Å². The number of rotatable bonds is 9. The molecule has 14 aromatic rings. The molecule has 7 aromatic carbocycles. The lowest BCUT2D eigenvalue weighted by atomic mass is 9.83. The molecule has 0 fully saturated rings. The molecule has 0 aliphatic heterocycles. The van der Waals surface area contributed by atoms with E-state index in [9.17, 15) is 14.4 Å². The fourth-order valence-electron chi connectivity index (χ4n) is 13.9. The molecular weight excluding hydrogens is 1480 g/mol. The van der Waals surface area contributed by atoms with Crippen LogP contribution in [0.1, 0.15) is 316 Å². The molecular formula is C106H144N8O6. The number of carbonyl (C=O) groups is 3. The summed E-state index contributed by atoms with van der Waals surface area (Å²) in [5.41, 5.74) is 24.5. The maximum atomic E-state index is 12.2. The van der Waals surface area contributed by atoms with Gasteiger partial charge in [-0.25, -0.2) is 9.59 Å². The molecule has 14 heteroatoms. The van der Waals surface area contributed by atoms with Gasteiger partial charge in [-0.3, -0.25) is 4.79 Å². The average molecular weight is 1630 g/mol. The summed E-state index contributed by atoms with van der Waals surface area (Å²) in [7, 11) is 0. The molecule has 14 rings (SSSR count). The van der Waals surface area contributed by atoms with Crippen LogP contribution in [0, 0.1) is 18.3 Å². The summed E-state index contributed by atoms with van der Waals surface area (Å²) in [4.78, 5) is 58.7. The Labute approximate surface area is 718 Å². The summed E-state index contributed by atoms with van der Waals surface area (Å²) in [6, 6.07) is 53.3. The SMILES string of the molecule is C.C.CC(C)(C)c1ccc2cc(C#N)[nH]c2c1.CC(C)(C)c1ccc2cc(C(C)(C)C)[nH]c2c1.CCC(C)c1c[nH]c2cc(C(C)(C)C)ccc12.CCOC(=O)Cc1c[nH]c2cc(C(C)(C)C)ccc12.CCOC(=O)c1c(C(C)(C)C)ccc2cc[nH]c12.CCOC(=O)c1cc(C(C)(C)C)cc2[nH]ccc12.Cc1cc2ccc(C(C)(C)C)cc2[nH]1. The van der Waals surface area contributed by atoms with Crippen molar-refractivity contribution in [2.45, 2.75) is 285 Å². The molecule has 644 valence electrons. The molecule has 0 saturated heterocycles. The number of fused-ring (bicyclic) bond motifs is 7. The van der Waals surface area contributed by atoms with Crippen molar-refractivity contribution in [3.8, 4) is 6.07 Å². The summed E-state index contributed by atoms with van der Waals surface area (Å²) in [5, 5.41) is 16.9. The van der Waals surface area contributed by atoms with Gasteiger partial charge in [0.1, 0.15) is 11.8 Å². The summed E-state index contributed by atoms with van der Waals surface area (Å²) in [5.74, 6) is -0.0591. The van der Waals surface area contributed by atoms with E-state index in [-0.39, 0.29) is 76.1 Å². The molecule has 0 aliphatic carbocycles. The Balaban J connectivity index is 0.000000217. The minimum Gasteiger partial charge on any atom is -0.466 e. The predicted octanol–water partition coefficient (Wildman–Crippen LogP) is 29.0. The van der Waals surface area contributed by atoms with E-state index in [0.29, 0.717) is 49.0 Å². The van der Waals surface area contributed by atoms with Crippen molar-refractivity contribution in [3.05, 3.63) is 249 Å². The third-order valence-electron chi connectivity index (χ3n) is 21.6. The van der Waals surface area contributed by atoms with Gasteiger partial charge >= 0.3 is 17.9 Å². The summed E-state index contributed by atoms with van der Waals surface area (Å²) < 4.78 is 15.3. The highest BCUT2D eigenvalue weighted by Crippen LogP contribution is 2.37. The molecule has 0 radical (unpaired) electrons. The van der Waals surface area contributed by atoms with Gasteiger partial charge in [-0.2, -0.15) is 5.26 Å². The molecule has 7 N–H and O–H groups in total. The van der Waals surface area contributed by atoms with Crippen molar-refractivity contribution < 1.29 is 28.6 Å². The lowest BCUT2D eigenvalue weighted by Crippen LogP contribution is -2.18. The van der Waals surface area contributed by atoms with Crippen molar-refractivity contribution in [2.75, 3.05) is 19.8 Å². The number of carbonyl (C=O) groups excluding carboxylic acids is 3. The molecule has 7 heterocycles. The molecule has 14 nitrogen and oxygen atoms in total. The van der Waals surface area contributed by atoms with E-state index >= 15 is 0 Å². The Hall–Kier alpha value is -10.8. The first kappa shape index (κ1) is 98.0. The fourth-order valence-corrected chi connectivity index (χ4v) is 13.9. The highest BCUT2D eigenvalue weighted by molar-refractivity contribution is 6.05. The number of nitrogens with zero attached hydrogens (tertiary/aromatic N) is 1. The fraction of sp³-hybridized carbons (Fsp3) is 0.434. The number of nitriles is 1. The smallest absolute Gasteiger partial charge is 0.340 e. The predicted molar refractivity (Wildman–Crippen MR) is 512 cm³/mol. The van der Waals surface area contributed by atoms with Crippen molar-refractivity contribution >= 4 is 94.2 Å². The number of aromatic amines is 7. The number of nitrogens with one attached hydrogen (secondary N) is 7. The Morgan fingerprint density at radius 1 is 0.392 bits per heavy atom. The Bertz CT molecular complexity index is 5770. The zero-order valence-electron chi connectivity index (χ0n) is 76.7. The van der Waals surface area contributed by atoms with Crippen molar-refractivity contribution in [1.29, 1.82) is 5.26 Å². The van der Waals surface area contributed by atoms with E-state index < -0.39 is 0 Å². The number of aryl methyl sites for hydroxylation is 1. The van der Waals surface area contributed by atoms with Crippen molar-refractivity contribution in [3.63, 3.8) is 0 Å². The van der Waals surface area contributed by atoms with Gasteiger partial charge in [0.2, 0.25) is 0 Å². The van der Waals surface area contributed by atoms with E-state index in [4.69, 9.17) is 19.5 Å². The second-order valence-electron chi connectivity index (χ2n) is 39.5. The molecule has 0 saturated carbocycles. The van der Waals surface area contributed by atoms with Gasteiger partial charge in [0.15, 0.2) is 0 Å². The van der Waals surface area contributed by atoms with Crippen LogP contribution in [0.5, 0.6) is 0 Å². The van der Waals surface area contributed by atoms with Crippen LogP contribution in [0.2, 0.25) is 0 Å². The maximum absolute atomic E-state index is 12.2. The zero-order valence-corrected chi connectivity index (χ0v) is 76.7. The van der Waals surface area contributed by atoms with Crippen molar-refractivity contribution in [1.82, 2.24) is 34.9 Å². The quantitative estimate of drug-likeness (QED) is 0.0548. The molecule has 0 amide bonds. The standard InChI is InChI=1S/C16H21NO2.2C16H23N.2C15H19NO2.C13H14N2.C13H17N.2CH4/c1-5-19-15(18)8-11-10-17-14-9-12(16(2,3)4)6-7-13(11)14;1-15(2,3)12-8-7-11-9-14(16(4,5)6)17-13(11)10-12;1-6-11(2)14-10-17-15-9-12(16(3,4)5)7-8-13(14)15;1-5-18-14(17)12-8-10(15(2,3)4)9-13-11(12)6-7-16-13;1-5-18-14(17)12-11(15(2,3)4)7-6-10-8-9-16-13(10)12;1-13(2,3)10-5-4-9-6-11(8-14)15-12(9)7-10;1-9-7-10-5-6-11(13(2,3)4)8-12(10)14-9;;/h6-7,9-10,17H,5,8H2,1-4H3;7-10,17H,1-6H3;7-11,17H,6H2,1-5H3;2*6-9,16H,5H2,1-4H3;4-7,15H,1-3H3;5-8,14H,1-4H3;2*1H4. The minimum atomic E-state index is -0.256. The number of aromatic nitrogens is 7. The molecule has 0 spiro atoms. The summed E-state index contributed by atoms with van der Waals surface area (Å²) >= 11 is 0. The third-order valence-corrected chi connectivity index (χ3v) is 21.6. The minimum absolute atomic E-state index is 0. The number of benzene rings is 7. The van der Waals surface area contributed by atoms with Gasteiger partial charge in [0, 0.05) is 102 Å². The number of esters is 3. The molecule has 120 heavy (non-hydrogen) atoms. The lowest BCUT2D eigenvalue weighted by molar-refractivity contribution is -0.142. The van der Waals surface area contributed by atoms with E-state index in [1.165, 1.54) is 83.9 Å². The van der Waals surface area contributed by atoms with Crippen LogP contribution in [-0.2, 0) is 68.7 Å². The highest BCUT2D eigenvalue weighted by Gasteiger charge is 2.27. The van der Waals surface area contributed by atoms with Crippen LogP contribution in [-0.4, -0.2) is 72.6 Å². The van der Waals surface area contributed by atoms with Gasteiger partial charge < -0.3 is 49.1 Å². The second kappa shape index (κ2) is 39.6. The first-order valence-corrected chi connectivity index (χ1v) is 42.1. The molecule has 0 bridgehead atoms. The Morgan fingerprint density at radius 3 is 1.31 bits per heavy atom. The van der Waals surface area contributed by atoms with Gasteiger partial charge in [-0.15, -0.1) is 0 Å². The van der Waals surface area contributed by atoms with E-state index in [1.54, 1.807) is 0 Å². The third kappa shape index (κ3) is 25.4. The van der Waals surface area contributed by atoms with Crippen LogP contribution in [0.3, 0.4) is 0 Å². The van der Waals surface area contributed by atoms with Crippen molar-refractivity contribution in [2.24, 2.45) is 0 Å². The Kier molecular flexibility index (Phi) is 32.4. The van der Waals surface area contributed by atoms with Crippen LogP contribution in [0.25, 0.3) is 76.3 Å². The van der Waals surface area contributed by atoms with E-state index in [0.717, 1.165) is 60.3 Å². The maximum Gasteiger partial charge on any atom is 0.340 e. The molecule has 0 aliphatic rings. The van der Waals surface area contributed by atoms with E-state index in [2.05, 4.69) is 343 Å². The first-order chi connectivity index (χ1) is 54.9. The first-order valence-electron chi connectivity index (χ1n) is 42.1. The van der Waals surface area contributed by atoms with Crippen LogP contribution < -0.4 is 0 Å². The van der Waals surface area contributed by atoms with Crippen LogP contribution >= 0.6 is 0 Å². The van der Waals surface area contributed by atoms with Crippen LogP contribution in [0.4, 0.5) is 0 Å². The monoisotopic (exact) mass is 1630 g/mol. The zero-order chi connectivity index (χ0) is 87.6. The van der Waals surface area contributed by atoms with Gasteiger partial charge in [-0.1, -0.05) is 268 Å². The molecule has 1 atom stereocenters. The largest absolute Gasteiger partial charge is 0.466 e. The number of hydrogen-bond acceptors (Lipinski definition) is 7. The summed E-state index contributed by atoms with van der Waals surface area (Å²) in [6.45, 7) is 66.1. The number of H-pyrrole nitrogens is 7. The highest BCUT2D eigenvalue weighted by atomic mass is 16.5. The lowest BCUT2D eigenvalue weighted by Gasteiger charge is -2.22.